The summed E-state index contributed by atoms with van der Waals surface area (Å²) in [5.41, 5.74) is 2.05. The maximum atomic E-state index is 13.8. The summed E-state index contributed by atoms with van der Waals surface area (Å²) >= 11 is 0. The highest BCUT2D eigenvalue weighted by atomic mass is 19.1. The Morgan fingerprint density at radius 3 is 2.59 bits per heavy atom. The number of Topliss-reactive ketones (excluding diaryl/α,β-unsaturated/α-hetero) is 1. The van der Waals surface area contributed by atoms with Crippen LogP contribution >= 0.6 is 0 Å². The first-order valence-corrected chi connectivity index (χ1v) is 10.3. The molecule has 8 heteroatoms. The zero-order valence-electron chi connectivity index (χ0n) is 17.5. The minimum absolute atomic E-state index is 0.160. The summed E-state index contributed by atoms with van der Waals surface area (Å²) in [6, 6.07) is 13.7. The van der Waals surface area contributed by atoms with Gasteiger partial charge in [0.1, 0.15) is 31.1 Å². The molecule has 2 atom stereocenters. The standard InChI is InChI=1S/C24H23FN2O5/c1-15(28)20-12-26(13-23(29)27-11-17(25)9-22(27)24(30)31)21-10-18(7-8-19(20)21)32-14-16-5-3-2-4-6-16/h2-8,10,12,17,22H,9,11,13-14H2,1H3,(H,30,31)/t17-,22+/m1/s1. The molecule has 166 valence electrons. The Morgan fingerprint density at radius 1 is 1.16 bits per heavy atom. The molecule has 4 rings (SSSR count). The first-order chi connectivity index (χ1) is 15.3. The minimum atomic E-state index is -1.37. The lowest BCUT2D eigenvalue weighted by molar-refractivity contribution is -0.148. The van der Waals surface area contributed by atoms with Gasteiger partial charge in [-0.25, -0.2) is 9.18 Å². The largest absolute Gasteiger partial charge is 0.489 e. The average molecular weight is 438 g/mol. The number of carboxylic acids is 1. The Hall–Kier alpha value is -3.68. The van der Waals surface area contributed by atoms with E-state index in [1.165, 1.54) is 6.92 Å². The van der Waals surface area contributed by atoms with E-state index in [0.717, 1.165) is 10.5 Å². The molecule has 1 aliphatic rings. The van der Waals surface area contributed by atoms with Gasteiger partial charge < -0.3 is 19.3 Å². The van der Waals surface area contributed by atoms with Crippen LogP contribution in [0.2, 0.25) is 0 Å². The van der Waals surface area contributed by atoms with Gasteiger partial charge in [-0.1, -0.05) is 30.3 Å². The second kappa shape index (κ2) is 8.82. The summed E-state index contributed by atoms with van der Waals surface area (Å²) in [6.07, 6.45) is -0.0128. The molecule has 1 aromatic heterocycles. The lowest BCUT2D eigenvalue weighted by Crippen LogP contribution is -2.42. The summed E-state index contributed by atoms with van der Waals surface area (Å²) in [5, 5.41) is 9.99. The van der Waals surface area contributed by atoms with Gasteiger partial charge in [0.2, 0.25) is 5.91 Å². The van der Waals surface area contributed by atoms with Gasteiger partial charge in [-0.3, -0.25) is 9.59 Å². The van der Waals surface area contributed by atoms with E-state index >= 15 is 0 Å². The fourth-order valence-corrected chi connectivity index (χ4v) is 4.04. The number of rotatable bonds is 7. The molecule has 0 saturated carbocycles. The van der Waals surface area contributed by atoms with E-state index in [1.54, 1.807) is 29.0 Å². The number of nitrogens with zero attached hydrogens (tertiary/aromatic N) is 2. The molecule has 1 saturated heterocycles. The van der Waals surface area contributed by atoms with Gasteiger partial charge in [-0.05, 0) is 24.6 Å². The molecule has 0 unspecified atom stereocenters. The number of fused-ring (bicyclic) bond motifs is 1. The van der Waals surface area contributed by atoms with Crippen LogP contribution in [0.15, 0.2) is 54.7 Å². The predicted octanol–water partition coefficient (Wildman–Crippen LogP) is 3.45. The number of halogens is 1. The Morgan fingerprint density at radius 2 is 1.91 bits per heavy atom. The van der Waals surface area contributed by atoms with Crippen LogP contribution in [0.4, 0.5) is 4.39 Å². The van der Waals surface area contributed by atoms with E-state index in [-0.39, 0.29) is 25.3 Å². The van der Waals surface area contributed by atoms with Crippen molar-refractivity contribution in [2.75, 3.05) is 6.54 Å². The number of hydrogen-bond donors (Lipinski definition) is 1. The molecule has 1 amide bonds. The van der Waals surface area contributed by atoms with E-state index < -0.39 is 24.1 Å². The van der Waals surface area contributed by atoms with Crippen LogP contribution in [0.3, 0.4) is 0 Å². The highest BCUT2D eigenvalue weighted by molar-refractivity contribution is 6.07. The van der Waals surface area contributed by atoms with Crippen LogP contribution in [0, 0.1) is 0 Å². The quantitative estimate of drug-likeness (QED) is 0.571. The number of aliphatic carboxylic acids is 1. The first-order valence-electron chi connectivity index (χ1n) is 10.3. The number of ketones is 1. The van der Waals surface area contributed by atoms with Crippen molar-refractivity contribution in [3.8, 4) is 5.75 Å². The van der Waals surface area contributed by atoms with Crippen LogP contribution in [0.5, 0.6) is 5.75 Å². The number of benzene rings is 2. The predicted molar refractivity (Wildman–Crippen MR) is 115 cm³/mol. The molecule has 0 aliphatic carbocycles. The van der Waals surface area contributed by atoms with Crippen molar-refractivity contribution in [3.05, 3.63) is 65.9 Å². The van der Waals surface area contributed by atoms with Crippen molar-refractivity contribution in [1.29, 1.82) is 0 Å². The minimum Gasteiger partial charge on any atom is -0.489 e. The van der Waals surface area contributed by atoms with E-state index in [2.05, 4.69) is 0 Å². The molecule has 1 fully saturated rings. The lowest BCUT2D eigenvalue weighted by Gasteiger charge is -2.21. The summed E-state index contributed by atoms with van der Waals surface area (Å²) < 4.78 is 21.3. The normalized spacial score (nSPS) is 18.1. The Kier molecular flexibility index (Phi) is 5.94. The zero-order chi connectivity index (χ0) is 22.8. The van der Waals surface area contributed by atoms with E-state index in [9.17, 15) is 23.9 Å². The molecule has 3 aromatic rings. The number of hydrogen-bond acceptors (Lipinski definition) is 4. The van der Waals surface area contributed by atoms with Crippen molar-refractivity contribution in [1.82, 2.24) is 9.47 Å². The molecule has 7 nitrogen and oxygen atoms in total. The fourth-order valence-electron chi connectivity index (χ4n) is 4.04. The first kappa shape index (κ1) is 21.5. The topological polar surface area (TPSA) is 88.8 Å². The number of carboxylic acid groups (broad SMARTS) is 1. The average Bonchev–Trinajstić information content (AvgIpc) is 3.34. The molecular weight excluding hydrogens is 415 g/mol. The van der Waals surface area contributed by atoms with E-state index in [4.69, 9.17) is 4.74 Å². The summed E-state index contributed by atoms with van der Waals surface area (Å²) in [5.74, 6) is -1.33. The van der Waals surface area contributed by atoms with Gasteiger partial charge >= 0.3 is 5.97 Å². The monoisotopic (exact) mass is 438 g/mol. The number of amides is 1. The second-order valence-electron chi connectivity index (χ2n) is 7.91. The molecule has 1 N–H and O–H groups in total. The number of carbonyl (C=O) groups excluding carboxylic acids is 2. The van der Waals surface area contributed by atoms with Gasteiger partial charge in [0.25, 0.3) is 0 Å². The lowest BCUT2D eigenvalue weighted by atomic mass is 10.1. The molecule has 2 heterocycles. The van der Waals surface area contributed by atoms with Crippen molar-refractivity contribution in [2.24, 2.45) is 0 Å². The third-order valence-electron chi connectivity index (χ3n) is 5.64. The third kappa shape index (κ3) is 4.34. The number of ether oxygens (including phenoxy) is 1. The number of likely N-dealkylation sites (tertiary alicyclic amines) is 1. The molecule has 1 aliphatic heterocycles. The highest BCUT2D eigenvalue weighted by Crippen LogP contribution is 2.28. The Labute approximate surface area is 184 Å². The maximum Gasteiger partial charge on any atom is 0.326 e. The van der Waals surface area contributed by atoms with Gasteiger partial charge in [0.05, 0.1) is 12.1 Å². The fraction of sp³-hybridized carbons (Fsp3) is 0.292. The van der Waals surface area contributed by atoms with E-state index in [0.29, 0.717) is 28.8 Å². The van der Waals surface area contributed by atoms with E-state index in [1.807, 2.05) is 30.3 Å². The van der Waals surface area contributed by atoms with Gasteiger partial charge in [0.15, 0.2) is 5.78 Å². The SMILES string of the molecule is CC(=O)c1cn(CC(=O)N2C[C@H](F)C[C@H]2C(=O)O)c2cc(OCc3ccccc3)ccc12. The Balaban J connectivity index is 1.61. The van der Waals surface area contributed by atoms with Gasteiger partial charge in [-0.2, -0.15) is 0 Å². The third-order valence-corrected chi connectivity index (χ3v) is 5.64. The molecular formula is C24H23FN2O5. The van der Waals surface area contributed by atoms with Crippen LogP contribution in [0.1, 0.15) is 29.3 Å². The van der Waals surface area contributed by atoms with Gasteiger partial charge in [-0.15, -0.1) is 0 Å². The van der Waals surface area contributed by atoms with Crippen molar-refractivity contribution < 1.29 is 28.6 Å². The van der Waals surface area contributed by atoms with Crippen LogP contribution in [-0.4, -0.2) is 51.0 Å². The van der Waals surface area contributed by atoms with Crippen molar-refractivity contribution in [2.45, 2.75) is 38.7 Å². The molecule has 32 heavy (non-hydrogen) atoms. The van der Waals surface area contributed by atoms with Crippen LogP contribution < -0.4 is 4.74 Å². The summed E-state index contributed by atoms with van der Waals surface area (Å²) in [4.78, 5) is 37.5. The summed E-state index contributed by atoms with van der Waals surface area (Å²) in [7, 11) is 0. The smallest absolute Gasteiger partial charge is 0.326 e. The van der Waals surface area contributed by atoms with Crippen LogP contribution in [-0.2, 0) is 22.7 Å². The molecule has 0 bridgehead atoms. The number of aromatic nitrogens is 1. The second-order valence-corrected chi connectivity index (χ2v) is 7.91. The number of alkyl halides is 1. The Bertz CT molecular complexity index is 1170. The van der Waals surface area contributed by atoms with Crippen LogP contribution in [0.25, 0.3) is 10.9 Å². The summed E-state index contributed by atoms with van der Waals surface area (Å²) in [6.45, 7) is 1.34. The molecule has 2 aromatic carbocycles. The maximum absolute atomic E-state index is 13.8. The van der Waals surface area contributed by atoms with Crippen molar-refractivity contribution >= 4 is 28.6 Å². The van der Waals surface area contributed by atoms with Gasteiger partial charge in [0, 0.05) is 29.6 Å². The van der Waals surface area contributed by atoms with Crippen molar-refractivity contribution in [3.63, 3.8) is 0 Å². The number of carbonyl (C=O) groups is 3. The zero-order valence-corrected chi connectivity index (χ0v) is 17.5. The highest BCUT2D eigenvalue weighted by Gasteiger charge is 2.39. The molecule has 0 spiro atoms. The molecule has 0 radical (unpaired) electrons.